The molecule has 0 aromatic carbocycles. The maximum atomic E-state index is 5.74. The largest absolute Gasteiger partial charge is 0.487 e. The lowest BCUT2D eigenvalue weighted by Gasteiger charge is -2.45. The quantitative estimate of drug-likeness (QED) is 0.741. The summed E-state index contributed by atoms with van der Waals surface area (Å²) in [5, 5.41) is 2.00. The molecule has 1 fully saturated rings. The van der Waals surface area contributed by atoms with Crippen LogP contribution in [0.1, 0.15) is 13.8 Å². The summed E-state index contributed by atoms with van der Waals surface area (Å²) in [4.78, 5) is 4.93. The van der Waals surface area contributed by atoms with Gasteiger partial charge in [-0.1, -0.05) is 0 Å². The Kier molecular flexibility index (Phi) is 2.52. The third-order valence-corrected chi connectivity index (χ3v) is 4.06. The number of nitrogens with zero attached hydrogens (tertiary/aromatic N) is 3. The van der Waals surface area contributed by atoms with Crippen LogP contribution in [-0.2, 0) is 0 Å². The summed E-state index contributed by atoms with van der Waals surface area (Å²) in [6.07, 6.45) is 0. The van der Waals surface area contributed by atoms with Crippen LogP contribution in [0.5, 0.6) is 5.75 Å². The van der Waals surface area contributed by atoms with Gasteiger partial charge in [-0.05, 0) is 25.4 Å². The predicted octanol–water partition coefficient (Wildman–Crippen LogP) is 1.43. The number of rotatable bonds is 1. The fourth-order valence-electron chi connectivity index (χ4n) is 2.47. The summed E-state index contributed by atoms with van der Waals surface area (Å²) in [6, 6.07) is 1.10. The predicted molar refractivity (Wildman–Crippen MR) is 65.5 cm³/mol. The van der Waals surface area contributed by atoms with Crippen LogP contribution >= 0.6 is 11.5 Å². The second-order valence-corrected chi connectivity index (χ2v) is 5.38. The van der Waals surface area contributed by atoms with Crippen molar-refractivity contribution in [1.82, 2.24) is 9.27 Å². The highest BCUT2D eigenvalue weighted by Gasteiger charge is 2.34. The minimum atomic E-state index is 0.478. The molecule has 0 saturated carbocycles. The van der Waals surface area contributed by atoms with Gasteiger partial charge in [0.2, 0.25) is 0 Å². The van der Waals surface area contributed by atoms with Crippen LogP contribution in [0.2, 0.25) is 0 Å². The Morgan fingerprint density at radius 3 is 3.19 bits per heavy atom. The van der Waals surface area contributed by atoms with E-state index in [9.17, 15) is 0 Å². The Morgan fingerprint density at radius 2 is 2.38 bits per heavy atom. The van der Waals surface area contributed by atoms with Gasteiger partial charge in [0.15, 0.2) is 11.6 Å². The molecule has 16 heavy (non-hydrogen) atoms. The standard InChI is InChI=1S/C11H17N3OS/c1-8(2)13-3-4-14-9(5-13)6-15-10-7-16-12-11(10)14/h7-9H,3-6H2,1-2H3/t9-/m1/s1. The van der Waals surface area contributed by atoms with Gasteiger partial charge in [-0.3, -0.25) is 4.90 Å². The van der Waals surface area contributed by atoms with E-state index in [-0.39, 0.29) is 0 Å². The molecule has 3 rings (SSSR count). The van der Waals surface area contributed by atoms with Gasteiger partial charge in [0.25, 0.3) is 0 Å². The lowest BCUT2D eigenvalue weighted by Crippen LogP contribution is -2.58. The molecule has 1 atom stereocenters. The van der Waals surface area contributed by atoms with Gasteiger partial charge in [-0.25, -0.2) is 0 Å². The van der Waals surface area contributed by atoms with Crippen molar-refractivity contribution >= 4 is 17.4 Å². The molecule has 1 aromatic heterocycles. The van der Waals surface area contributed by atoms with Crippen molar-refractivity contribution in [3.05, 3.63) is 5.38 Å². The summed E-state index contributed by atoms with van der Waals surface area (Å²) in [5.41, 5.74) is 0. The van der Waals surface area contributed by atoms with Gasteiger partial charge in [-0.2, -0.15) is 4.37 Å². The molecular weight excluding hydrogens is 222 g/mol. The van der Waals surface area contributed by atoms with E-state index in [1.807, 2.05) is 5.38 Å². The maximum absolute atomic E-state index is 5.74. The number of ether oxygens (including phenoxy) is 1. The van der Waals surface area contributed by atoms with E-state index in [0.29, 0.717) is 12.1 Å². The number of aromatic nitrogens is 1. The van der Waals surface area contributed by atoms with E-state index in [2.05, 4.69) is 28.0 Å². The number of piperazine rings is 1. The highest BCUT2D eigenvalue weighted by atomic mass is 32.1. The number of fused-ring (bicyclic) bond motifs is 3. The van der Waals surface area contributed by atoms with Crippen molar-refractivity contribution in [3.8, 4) is 5.75 Å². The molecule has 0 amide bonds. The zero-order chi connectivity index (χ0) is 11.1. The molecule has 2 aliphatic rings. The van der Waals surface area contributed by atoms with Gasteiger partial charge >= 0.3 is 0 Å². The molecule has 1 saturated heterocycles. The molecule has 88 valence electrons. The molecule has 0 radical (unpaired) electrons. The molecule has 3 heterocycles. The number of hydrogen-bond acceptors (Lipinski definition) is 5. The molecule has 4 nitrogen and oxygen atoms in total. The third-order valence-electron chi connectivity index (χ3n) is 3.47. The zero-order valence-electron chi connectivity index (χ0n) is 9.72. The summed E-state index contributed by atoms with van der Waals surface area (Å²) in [5.74, 6) is 2.03. The molecule has 0 aliphatic carbocycles. The van der Waals surface area contributed by atoms with Crippen molar-refractivity contribution in [2.75, 3.05) is 31.1 Å². The summed E-state index contributed by atoms with van der Waals surface area (Å²) in [6.45, 7) is 8.61. The van der Waals surface area contributed by atoms with E-state index < -0.39 is 0 Å². The number of hydrogen-bond donors (Lipinski definition) is 0. The van der Waals surface area contributed by atoms with Crippen LogP contribution in [0, 0.1) is 0 Å². The Labute approximate surface area is 100.0 Å². The van der Waals surface area contributed by atoms with Crippen molar-refractivity contribution in [3.63, 3.8) is 0 Å². The fourth-order valence-corrected chi connectivity index (χ4v) is 3.09. The first-order valence-electron chi connectivity index (χ1n) is 5.83. The maximum Gasteiger partial charge on any atom is 0.185 e. The van der Waals surface area contributed by atoms with Crippen molar-refractivity contribution < 1.29 is 4.74 Å². The lowest BCUT2D eigenvalue weighted by atomic mass is 10.1. The Bertz CT molecular complexity index is 379. The third kappa shape index (κ3) is 1.58. The monoisotopic (exact) mass is 239 g/mol. The minimum Gasteiger partial charge on any atom is -0.487 e. The van der Waals surface area contributed by atoms with Crippen LogP contribution in [0.25, 0.3) is 0 Å². The zero-order valence-corrected chi connectivity index (χ0v) is 10.5. The second kappa shape index (κ2) is 3.89. The molecule has 1 aromatic rings. The minimum absolute atomic E-state index is 0.478. The van der Waals surface area contributed by atoms with Gasteiger partial charge in [-0.15, -0.1) is 0 Å². The Balaban J connectivity index is 1.80. The van der Waals surface area contributed by atoms with E-state index >= 15 is 0 Å². The average Bonchev–Trinajstić information content (AvgIpc) is 2.76. The second-order valence-electron chi connectivity index (χ2n) is 4.75. The molecule has 0 N–H and O–H groups in total. The normalized spacial score (nSPS) is 25.2. The van der Waals surface area contributed by atoms with Crippen molar-refractivity contribution in [2.45, 2.75) is 25.9 Å². The molecule has 5 heteroatoms. The smallest absolute Gasteiger partial charge is 0.185 e. The SMILES string of the molecule is CC(C)N1CCN2c3nscc3OC[C@H]2C1. The Hall–Kier alpha value is -0.810. The summed E-state index contributed by atoms with van der Waals surface area (Å²) in [7, 11) is 0. The van der Waals surface area contributed by atoms with E-state index in [1.54, 1.807) is 0 Å². The topological polar surface area (TPSA) is 28.6 Å². The van der Waals surface area contributed by atoms with Gasteiger partial charge in [0.1, 0.15) is 6.61 Å². The van der Waals surface area contributed by atoms with Gasteiger partial charge in [0.05, 0.1) is 11.4 Å². The van der Waals surface area contributed by atoms with Crippen LogP contribution in [0.15, 0.2) is 5.38 Å². The van der Waals surface area contributed by atoms with E-state index in [1.165, 1.54) is 11.5 Å². The fraction of sp³-hybridized carbons (Fsp3) is 0.727. The van der Waals surface area contributed by atoms with Crippen molar-refractivity contribution in [1.29, 1.82) is 0 Å². The molecule has 0 bridgehead atoms. The van der Waals surface area contributed by atoms with Gasteiger partial charge in [0, 0.05) is 25.7 Å². The lowest BCUT2D eigenvalue weighted by molar-refractivity contribution is 0.141. The first-order valence-corrected chi connectivity index (χ1v) is 6.67. The molecular formula is C11H17N3OS. The summed E-state index contributed by atoms with van der Waals surface area (Å²) >= 11 is 1.49. The van der Waals surface area contributed by atoms with Crippen LogP contribution in [0.4, 0.5) is 5.82 Å². The highest BCUT2D eigenvalue weighted by molar-refractivity contribution is 7.04. The molecule has 0 unspecified atom stereocenters. The van der Waals surface area contributed by atoms with Crippen LogP contribution < -0.4 is 9.64 Å². The van der Waals surface area contributed by atoms with Crippen molar-refractivity contribution in [2.24, 2.45) is 0 Å². The average molecular weight is 239 g/mol. The summed E-state index contributed by atoms with van der Waals surface area (Å²) < 4.78 is 10.2. The van der Waals surface area contributed by atoms with Crippen LogP contribution in [-0.4, -0.2) is 47.6 Å². The molecule has 2 aliphatic heterocycles. The van der Waals surface area contributed by atoms with E-state index in [4.69, 9.17) is 4.74 Å². The Morgan fingerprint density at radius 1 is 1.50 bits per heavy atom. The molecule has 0 spiro atoms. The highest BCUT2D eigenvalue weighted by Crippen LogP contribution is 2.35. The van der Waals surface area contributed by atoms with Crippen LogP contribution in [0.3, 0.4) is 0 Å². The van der Waals surface area contributed by atoms with E-state index in [0.717, 1.165) is 37.8 Å². The van der Waals surface area contributed by atoms with Gasteiger partial charge < -0.3 is 9.64 Å². The first kappa shape index (κ1) is 10.4. The number of anilines is 1. The first-order chi connectivity index (χ1) is 7.75.